The van der Waals surface area contributed by atoms with Gasteiger partial charge in [-0.1, -0.05) is 119 Å². The SMILES string of the molecule is Cc1cccc2c1N(B1c3ccccc3N3c4ccccc4C(C)(C)c4cccc1c43)c1c(C)cccc1C2(C)C. The number of nitrogens with zero attached hydrogens (tertiary/aromatic N) is 2. The monoisotopic (exact) mass is 530 g/mol. The minimum Gasteiger partial charge on any atom is -0.376 e. The zero-order valence-corrected chi connectivity index (χ0v) is 24.8. The highest BCUT2D eigenvalue weighted by atomic mass is 15.2. The Balaban J connectivity index is 1.51. The van der Waals surface area contributed by atoms with Crippen LogP contribution in [0.4, 0.5) is 28.4 Å². The van der Waals surface area contributed by atoms with E-state index in [-0.39, 0.29) is 17.7 Å². The molecule has 0 atom stereocenters. The van der Waals surface area contributed by atoms with Gasteiger partial charge in [-0.25, -0.2) is 0 Å². The summed E-state index contributed by atoms with van der Waals surface area (Å²) in [4.78, 5) is 5.24. The average molecular weight is 531 g/mol. The number of hydrogen-bond acceptors (Lipinski definition) is 2. The Hall–Kier alpha value is -4.24. The molecule has 0 N–H and O–H groups in total. The molecule has 2 nitrogen and oxygen atoms in total. The summed E-state index contributed by atoms with van der Waals surface area (Å²) in [5, 5.41) is 0. The van der Waals surface area contributed by atoms with Gasteiger partial charge in [0.1, 0.15) is 0 Å². The molecule has 5 aromatic carbocycles. The van der Waals surface area contributed by atoms with Crippen molar-refractivity contribution in [2.75, 3.05) is 9.71 Å². The predicted octanol–water partition coefficient (Wildman–Crippen LogP) is 8.31. The third-order valence-corrected chi connectivity index (χ3v) is 10.1. The second kappa shape index (κ2) is 8.16. The van der Waals surface area contributed by atoms with E-state index < -0.39 is 0 Å². The van der Waals surface area contributed by atoms with Gasteiger partial charge >= 0.3 is 6.85 Å². The fraction of sp³-hybridized carbons (Fsp3) is 0.211. The summed E-state index contributed by atoms with van der Waals surface area (Å²) in [6.45, 7) is 14.2. The van der Waals surface area contributed by atoms with E-state index in [1.165, 1.54) is 72.7 Å². The molecular weight excluding hydrogens is 495 g/mol. The van der Waals surface area contributed by atoms with Crippen LogP contribution in [0.25, 0.3) is 0 Å². The second-order valence-corrected chi connectivity index (χ2v) is 13.1. The highest BCUT2D eigenvalue weighted by molar-refractivity contribution is 6.92. The molecule has 3 aliphatic heterocycles. The van der Waals surface area contributed by atoms with Gasteiger partial charge in [0.25, 0.3) is 0 Å². The van der Waals surface area contributed by atoms with Crippen molar-refractivity contribution in [2.45, 2.75) is 52.4 Å². The molecule has 200 valence electrons. The smallest absolute Gasteiger partial charge is 0.332 e. The third kappa shape index (κ3) is 3.04. The molecule has 0 fully saturated rings. The molecule has 0 aromatic heterocycles. The van der Waals surface area contributed by atoms with Crippen molar-refractivity contribution in [3.05, 3.63) is 137 Å². The topological polar surface area (TPSA) is 6.48 Å². The number of aryl methyl sites for hydroxylation is 2. The van der Waals surface area contributed by atoms with Crippen LogP contribution in [0.3, 0.4) is 0 Å². The third-order valence-electron chi connectivity index (χ3n) is 10.1. The molecule has 0 unspecified atom stereocenters. The Kier molecular flexibility index (Phi) is 4.89. The van der Waals surface area contributed by atoms with Crippen molar-refractivity contribution in [3.8, 4) is 0 Å². The number of fused-ring (bicyclic) bond motifs is 6. The quantitative estimate of drug-likeness (QED) is 0.201. The van der Waals surface area contributed by atoms with Gasteiger partial charge in [-0.05, 0) is 70.3 Å². The minimum atomic E-state index is -0.110. The molecule has 8 rings (SSSR count). The maximum absolute atomic E-state index is 2.69. The number of anilines is 5. The van der Waals surface area contributed by atoms with E-state index in [1.807, 2.05) is 0 Å². The van der Waals surface area contributed by atoms with Gasteiger partial charge in [-0.2, -0.15) is 0 Å². The van der Waals surface area contributed by atoms with E-state index in [0.29, 0.717) is 0 Å². The summed E-state index contributed by atoms with van der Waals surface area (Å²) < 4.78 is 0. The molecule has 0 saturated carbocycles. The lowest BCUT2D eigenvalue weighted by atomic mass is 9.44. The van der Waals surface area contributed by atoms with Gasteiger partial charge in [-0.15, -0.1) is 0 Å². The van der Waals surface area contributed by atoms with Crippen molar-refractivity contribution in [3.63, 3.8) is 0 Å². The average Bonchev–Trinajstić information content (AvgIpc) is 2.97. The Labute approximate surface area is 244 Å². The van der Waals surface area contributed by atoms with Crippen molar-refractivity contribution in [2.24, 2.45) is 0 Å². The van der Waals surface area contributed by atoms with E-state index in [9.17, 15) is 0 Å². The Morgan fingerprint density at radius 1 is 0.463 bits per heavy atom. The first-order valence-corrected chi connectivity index (χ1v) is 14.8. The molecular formula is C38H35BN2. The Bertz CT molecular complexity index is 1840. The molecule has 0 amide bonds. The van der Waals surface area contributed by atoms with Crippen LogP contribution in [0, 0.1) is 13.8 Å². The lowest BCUT2D eigenvalue weighted by molar-refractivity contribution is 0.631. The van der Waals surface area contributed by atoms with E-state index in [0.717, 1.165) is 0 Å². The molecule has 0 radical (unpaired) electrons. The highest BCUT2D eigenvalue weighted by Gasteiger charge is 2.49. The van der Waals surface area contributed by atoms with Crippen molar-refractivity contribution in [1.82, 2.24) is 0 Å². The first kappa shape index (κ1) is 24.6. The van der Waals surface area contributed by atoms with E-state index in [4.69, 9.17) is 0 Å². The maximum atomic E-state index is 2.69. The first-order chi connectivity index (χ1) is 19.7. The van der Waals surface area contributed by atoms with Crippen molar-refractivity contribution in [1.29, 1.82) is 0 Å². The number of benzene rings is 5. The van der Waals surface area contributed by atoms with Gasteiger partial charge in [0.2, 0.25) is 0 Å². The Morgan fingerprint density at radius 3 is 1.59 bits per heavy atom. The van der Waals surface area contributed by atoms with Crippen LogP contribution in [0.15, 0.2) is 103 Å². The van der Waals surface area contributed by atoms with Gasteiger partial charge in [-0.3, -0.25) is 0 Å². The van der Waals surface area contributed by atoms with Gasteiger partial charge in [0.15, 0.2) is 0 Å². The minimum absolute atomic E-state index is 0.0364. The van der Waals surface area contributed by atoms with Gasteiger partial charge < -0.3 is 9.71 Å². The van der Waals surface area contributed by atoms with Crippen LogP contribution in [-0.2, 0) is 10.8 Å². The molecule has 3 heteroatoms. The fourth-order valence-electron chi connectivity index (χ4n) is 8.10. The first-order valence-electron chi connectivity index (χ1n) is 14.8. The highest BCUT2D eigenvalue weighted by Crippen LogP contribution is 2.55. The summed E-state index contributed by atoms with van der Waals surface area (Å²) in [5.74, 6) is 0. The normalized spacial score (nSPS) is 16.8. The summed E-state index contributed by atoms with van der Waals surface area (Å²) in [5.41, 5.74) is 17.3. The second-order valence-electron chi connectivity index (χ2n) is 13.1. The summed E-state index contributed by atoms with van der Waals surface area (Å²) >= 11 is 0. The molecule has 5 aromatic rings. The molecule has 0 bridgehead atoms. The van der Waals surface area contributed by atoms with Crippen LogP contribution >= 0.6 is 0 Å². The lowest BCUT2D eigenvalue weighted by Crippen LogP contribution is -2.62. The number of hydrogen-bond donors (Lipinski definition) is 0. The van der Waals surface area contributed by atoms with Crippen molar-refractivity contribution >= 4 is 46.2 Å². The zero-order valence-electron chi connectivity index (χ0n) is 24.8. The zero-order chi connectivity index (χ0) is 28.3. The standard InChI is InChI=1S/C38H35BN2/c1-24-14-11-17-27-34(24)41(35-25(2)15-12-18-28(35)38(27,5)6)39-30-20-8-10-23-33(30)40-32-22-9-7-16-26(32)37(3,4)29-19-13-21-31(39)36(29)40/h7-23H,1-6H3. The largest absolute Gasteiger partial charge is 0.376 e. The van der Waals surface area contributed by atoms with Crippen molar-refractivity contribution < 1.29 is 0 Å². The van der Waals surface area contributed by atoms with E-state index in [2.05, 4.69) is 154 Å². The molecule has 0 spiro atoms. The van der Waals surface area contributed by atoms with Gasteiger partial charge in [0, 0.05) is 33.6 Å². The fourth-order valence-corrected chi connectivity index (χ4v) is 8.10. The van der Waals surface area contributed by atoms with E-state index >= 15 is 0 Å². The van der Waals surface area contributed by atoms with Crippen LogP contribution in [-0.4, -0.2) is 6.85 Å². The van der Waals surface area contributed by atoms with Gasteiger partial charge in [0.05, 0.1) is 5.69 Å². The molecule has 0 aliphatic carbocycles. The Morgan fingerprint density at radius 2 is 0.927 bits per heavy atom. The molecule has 0 saturated heterocycles. The summed E-state index contributed by atoms with van der Waals surface area (Å²) in [6, 6.07) is 38.8. The summed E-state index contributed by atoms with van der Waals surface area (Å²) in [7, 11) is 0. The molecule has 41 heavy (non-hydrogen) atoms. The maximum Gasteiger partial charge on any atom is 0.332 e. The number of rotatable bonds is 1. The van der Waals surface area contributed by atoms with E-state index in [1.54, 1.807) is 0 Å². The molecule has 3 aliphatic rings. The predicted molar refractivity (Wildman–Crippen MR) is 175 cm³/mol. The number of para-hydroxylation sites is 5. The van der Waals surface area contributed by atoms with Crippen LogP contribution < -0.4 is 20.6 Å². The lowest BCUT2D eigenvalue weighted by Gasteiger charge is -2.51. The van der Waals surface area contributed by atoms with Crippen LogP contribution in [0.5, 0.6) is 0 Å². The van der Waals surface area contributed by atoms with Crippen LogP contribution in [0.1, 0.15) is 61.1 Å². The van der Waals surface area contributed by atoms with Crippen LogP contribution in [0.2, 0.25) is 0 Å². The molecule has 3 heterocycles. The summed E-state index contributed by atoms with van der Waals surface area (Å²) in [6.07, 6.45) is 0.